The molecule has 1 aliphatic rings. The lowest BCUT2D eigenvalue weighted by atomic mass is 10.0. The maximum absolute atomic E-state index is 12.0. The average molecular weight is 340 g/mol. The first-order chi connectivity index (χ1) is 8.00. The van der Waals surface area contributed by atoms with Gasteiger partial charge in [-0.3, -0.25) is 0 Å². The standard InChI is InChI=1S/C10H14BrNO3S2/c1-7-8(2-4-15-7)6-12-17(13,14)10-9(11)3-5-16-10/h3,5,7-8,12H,2,4,6H2,1H3. The van der Waals surface area contributed by atoms with Gasteiger partial charge in [-0.1, -0.05) is 0 Å². The molecule has 96 valence electrons. The quantitative estimate of drug-likeness (QED) is 0.914. The smallest absolute Gasteiger partial charge is 0.251 e. The molecule has 0 amide bonds. The van der Waals surface area contributed by atoms with Crippen molar-refractivity contribution in [1.82, 2.24) is 4.72 Å². The number of rotatable bonds is 4. The lowest BCUT2D eigenvalue weighted by Gasteiger charge is -2.14. The van der Waals surface area contributed by atoms with Gasteiger partial charge in [-0.15, -0.1) is 11.3 Å². The molecule has 2 unspecified atom stereocenters. The van der Waals surface area contributed by atoms with E-state index in [1.54, 1.807) is 11.4 Å². The van der Waals surface area contributed by atoms with Crippen LogP contribution in [0.15, 0.2) is 20.1 Å². The van der Waals surface area contributed by atoms with Gasteiger partial charge in [0.2, 0.25) is 0 Å². The maximum Gasteiger partial charge on any atom is 0.251 e. The Labute approximate surface area is 114 Å². The fraction of sp³-hybridized carbons (Fsp3) is 0.600. The molecular formula is C10H14BrNO3S2. The van der Waals surface area contributed by atoms with Crippen molar-refractivity contribution in [3.05, 3.63) is 15.9 Å². The molecule has 1 fully saturated rings. The van der Waals surface area contributed by atoms with Crippen LogP contribution in [0.1, 0.15) is 13.3 Å². The van der Waals surface area contributed by atoms with E-state index in [2.05, 4.69) is 20.7 Å². The molecule has 4 nitrogen and oxygen atoms in total. The highest BCUT2D eigenvalue weighted by molar-refractivity contribution is 9.10. The van der Waals surface area contributed by atoms with Crippen molar-refractivity contribution in [2.75, 3.05) is 13.2 Å². The summed E-state index contributed by atoms with van der Waals surface area (Å²) in [7, 11) is -3.39. The van der Waals surface area contributed by atoms with E-state index in [9.17, 15) is 8.42 Å². The van der Waals surface area contributed by atoms with Gasteiger partial charge in [0.15, 0.2) is 0 Å². The fourth-order valence-corrected chi connectivity index (χ4v) is 5.27. The van der Waals surface area contributed by atoms with Crippen molar-refractivity contribution >= 4 is 37.3 Å². The van der Waals surface area contributed by atoms with Gasteiger partial charge in [-0.25, -0.2) is 13.1 Å². The van der Waals surface area contributed by atoms with Gasteiger partial charge in [0.05, 0.1) is 6.10 Å². The lowest BCUT2D eigenvalue weighted by Crippen LogP contribution is -2.31. The van der Waals surface area contributed by atoms with E-state index >= 15 is 0 Å². The minimum Gasteiger partial charge on any atom is -0.378 e. The highest BCUT2D eigenvalue weighted by Crippen LogP contribution is 2.28. The zero-order valence-corrected chi connectivity index (χ0v) is 12.6. The van der Waals surface area contributed by atoms with Gasteiger partial charge in [-0.2, -0.15) is 0 Å². The summed E-state index contributed by atoms with van der Waals surface area (Å²) in [5, 5.41) is 1.75. The lowest BCUT2D eigenvalue weighted by molar-refractivity contribution is 0.107. The van der Waals surface area contributed by atoms with Crippen molar-refractivity contribution in [3.63, 3.8) is 0 Å². The van der Waals surface area contributed by atoms with Gasteiger partial charge < -0.3 is 4.74 Å². The topological polar surface area (TPSA) is 55.4 Å². The SMILES string of the molecule is CC1OCCC1CNS(=O)(=O)c1sccc1Br. The molecule has 0 bridgehead atoms. The Hall–Kier alpha value is 0.0500. The van der Waals surface area contributed by atoms with Crippen LogP contribution in [0.2, 0.25) is 0 Å². The Morgan fingerprint density at radius 3 is 2.94 bits per heavy atom. The van der Waals surface area contributed by atoms with E-state index in [-0.39, 0.29) is 12.0 Å². The van der Waals surface area contributed by atoms with Crippen molar-refractivity contribution in [3.8, 4) is 0 Å². The molecule has 1 saturated heterocycles. The number of hydrogen-bond donors (Lipinski definition) is 1. The summed E-state index contributed by atoms with van der Waals surface area (Å²) in [6, 6.07) is 1.74. The molecule has 2 atom stereocenters. The summed E-state index contributed by atoms with van der Waals surface area (Å²) in [5.41, 5.74) is 0. The second-order valence-corrected chi connectivity index (χ2v) is 7.77. The Morgan fingerprint density at radius 1 is 1.65 bits per heavy atom. The molecule has 0 aromatic carbocycles. The predicted octanol–water partition coefficient (Wildman–Crippen LogP) is 2.21. The molecular weight excluding hydrogens is 326 g/mol. The predicted molar refractivity (Wildman–Crippen MR) is 70.7 cm³/mol. The third-order valence-electron chi connectivity index (χ3n) is 2.90. The van der Waals surface area contributed by atoms with Crippen LogP contribution < -0.4 is 4.72 Å². The third kappa shape index (κ3) is 3.08. The molecule has 1 N–H and O–H groups in total. The van der Waals surface area contributed by atoms with Crippen LogP contribution in [-0.2, 0) is 14.8 Å². The Bertz CT molecular complexity index is 485. The summed E-state index contributed by atoms with van der Waals surface area (Å²) in [6.07, 6.45) is 1.04. The van der Waals surface area contributed by atoms with Crippen molar-refractivity contribution in [2.45, 2.75) is 23.7 Å². The van der Waals surface area contributed by atoms with Crippen LogP contribution in [-0.4, -0.2) is 27.7 Å². The first-order valence-corrected chi connectivity index (χ1v) is 8.50. The maximum atomic E-state index is 12.0. The van der Waals surface area contributed by atoms with E-state index in [1.165, 1.54) is 11.3 Å². The molecule has 7 heteroatoms. The molecule has 1 aromatic heterocycles. The molecule has 0 aliphatic carbocycles. The molecule has 0 radical (unpaired) electrons. The van der Waals surface area contributed by atoms with E-state index < -0.39 is 10.0 Å². The molecule has 0 spiro atoms. The highest BCUT2D eigenvalue weighted by atomic mass is 79.9. The van der Waals surface area contributed by atoms with Crippen LogP contribution in [0, 0.1) is 5.92 Å². The van der Waals surface area contributed by atoms with Crippen molar-refractivity contribution < 1.29 is 13.2 Å². The van der Waals surface area contributed by atoms with Crippen LogP contribution >= 0.6 is 27.3 Å². The zero-order valence-electron chi connectivity index (χ0n) is 9.35. The van der Waals surface area contributed by atoms with Gasteiger partial charge >= 0.3 is 0 Å². The van der Waals surface area contributed by atoms with E-state index in [1.807, 2.05) is 6.92 Å². The fourth-order valence-electron chi connectivity index (χ4n) is 1.80. The largest absolute Gasteiger partial charge is 0.378 e. The Balaban J connectivity index is 2.01. The Morgan fingerprint density at radius 2 is 2.41 bits per heavy atom. The minimum atomic E-state index is -3.39. The van der Waals surface area contributed by atoms with Crippen LogP contribution in [0.3, 0.4) is 0 Å². The number of halogens is 1. The monoisotopic (exact) mass is 339 g/mol. The molecule has 1 aliphatic heterocycles. The van der Waals surface area contributed by atoms with E-state index in [4.69, 9.17) is 4.74 Å². The van der Waals surface area contributed by atoms with Gasteiger partial charge in [0.25, 0.3) is 10.0 Å². The van der Waals surface area contributed by atoms with Gasteiger partial charge in [-0.05, 0) is 40.7 Å². The highest BCUT2D eigenvalue weighted by Gasteiger charge is 2.27. The van der Waals surface area contributed by atoms with Crippen molar-refractivity contribution in [1.29, 1.82) is 0 Å². The van der Waals surface area contributed by atoms with Gasteiger partial charge in [0.1, 0.15) is 4.21 Å². The number of thiophene rings is 1. The third-order valence-corrected chi connectivity index (χ3v) is 6.99. The molecule has 2 heterocycles. The zero-order chi connectivity index (χ0) is 12.5. The summed E-state index contributed by atoms with van der Waals surface area (Å²) >= 11 is 4.45. The summed E-state index contributed by atoms with van der Waals surface area (Å²) in [5.74, 6) is 0.267. The minimum absolute atomic E-state index is 0.129. The van der Waals surface area contributed by atoms with Crippen LogP contribution in [0.4, 0.5) is 0 Å². The van der Waals surface area contributed by atoms with E-state index in [0.29, 0.717) is 15.2 Å². The molecule has 17 heavy (non-hydrogen) atoms. The summed E-state index contributed by atoms with van der Waals surface area (Å²) in [6.45, 7) is 3.14. The normalized spacial score (nSPS) is 25.3. The van der Waals surface area contributed by atoms with Crippen LogP contribution in [0.25, 0.3) is 0 Å². The van der Waals surface area contributed by atoms with Crippen LogP contribution in [0.5, 0.6) is 0 Å². The summed E-state index contributed by atoms with van der Waals surface area (Å²) in [4.78, 5) is 0. The number of sulfonamides is 1. The summed E-state index contributed by atoms with van der Waals surface area (Å²) < 4.78 is 33.0. The second kappa shape index (κ2) is 5.36. The first kappa shape index (κ1) is 13.5. The molecule has 1 aromatic rings. The molecule has 0 saturated carbocycles. The van der Waals surface area contributed by atoms with Gasteiger partial charge in [0, 0.05) is 23.5 Å². The number of nitrogens with one attached hydrogen (secondary N) is 1. The first-order valence-electron chi connectivity index (χ1n) is 5.35. The Kier molecular flexibility index (Phi) is 4.25. The second-order valence-electron chi connectivity index (χ2n) is 4.03. The number of ether oxygens (including phenoxy) is 1. The number of hydrogen-bond acceptors (Lipinski definition) is 4. The average Bonchev–Trinajstić information content (AvgIpc) is 2.85. The molecule has 2 rings (SSSR count). The van der Waals surface area contributed by atoms with Crippen molar-refractivity contribution in [2.24, 2.45) is 5.92 Å². The van der Waals surface area contributed by atoms with E-state index in [0.717, 1.165) is 13.0 Å².